The fourth-order valence-corrected chi connectivity index (χ4v) is 4.67. The van der Waals surface area contributed by atoms with Gasteiger partial charge in [0.05, 0.1) is 0 Å². The Morgan fingerprint density at radius 3 is 2.14 bits per heavy atom. The molecular weight excluding hydrogens is 460 g/mol. The molecule has 4 rings (SSSR count). The molecule has 37 heavy (non-hydrogen) atoms. The summed E-state index contributed by atoms with van der Waals surface area (Å²) in [6, 6.07) is 28.3. The van der Waals surface area contributed by atoms with Gasteiger partial charge in [0, 0.05) is 19.5 Å². The minimum atomic E-state index is -0.658. The molecule has 0 bridgehead atoms. The third kappa shape index (κ3) is 8.35. The molecule has 3 aromatic rings. The van der Waals surface area contributed by atoms with Crippen molar-refractivity contribution in [1.82, 2.24) is 10.2 Å². The minimum Gasteiger partial charge on any atom is -0.484 e. The van der Waals surface area contributed by atoms with E-state index in [0.717, 1.165) is 30.4 Å². The van der Waals surface area contributed by atoms with E-state index in [0.29, 0.717) is 25.3 Å². The van der Waals surface area contributed by atoms with E-state index < -0.39 is 6.04 Å². The Labute approximate surface area is 220 Å². The molecule has 1 unspecified atom stereocenters. The number of rotatable bonds is 12. The summed E-state index contributed by atoms with van der Waals surface area (Å²) < 4.78 is 5.80. The van der Waals surface area contributed by atoms with E-state index in [9.17, 15) is 9.59 Å². The van der Waals surface area contributed by atoms with Gasteiger partial charge in [0.15, 0.2) is 6.61 Å². The van der Waals surface area contributed by atoms with Crippen LogP contribution in [0.25, 0.3) is 0 Å². The average molecular weight is 497 g/mol. The number of nitrogens with zero attached hydrogens (tertiary/aromatic N) is 1. The Hall–Kier alpha value is -3.86. The van der Waals surface area contributed by atoms with Crippen molar-refractivity contribution in [3.63, 3.8) is 0 Å². The number of benzene rings is 3. The smallest absolute Gasteiger partial charge is 0.261 e. The summed E-state index contributed by atoms with van der Waals surface area (Å²) in [6.07, 6.45) is 8.29. The van der Waals surface area contributed by atoms with Gasteiger partial charge >= 0.3 is 0 Å². The molecule has 5 heteroatoms. The fourth-order valence-electron chi connectivity index (χ4n) is 4.67. The van der Waals surface area contributed by atoms with Gasteiger partial charge in [-0.25, -0.2) is 0 Å². The van der Waals surface area contributed by atoms with Crippen molar-refractivity contribution in [2.24, 2.45) is 0 Å². The highest BCUT2D eigenvalue weighted by Gasteiger charge is 2.30. The Kier molecular flexibility index (Phi) is 9.94. The zero-order chi connectivity index (χ0) is 25.7. The normalized spacial score (nSPS) is 13.8. The largest absolute Gasteiger partial charge is 0.484 e. The number of ether oxygens (including phenoxy) is 1. The summed E-state index contributed by atoms with van der Waals surface area (Å²) in [5.74, 6) is 0.267. The van der Waals surface area contributed by atoms with Crippen molar-refractivity contribution in [1.29, 1.82) is 0 Å². The Morgan fingerprint density at radius 2 is 1.49 bits per heavy atom. The predicted molar refractivity (Wildman–Crippen MR) is 147 cm³/mol. The molecule has 2 amide bonds. The van der Waals surface area contributed by atoms with Crippen LogP contribution in [0.3, 0.4) is 0 Å². The minimum absolute atomic E-state index is 0.135. The van der Waals surface area contributed by atoms with Crippen molar-refractivity contribution in [3.8, 4) is 5.75 Å². The van der Waals surface area contributed by atoms with Crippen LogP contribution in [-0.2, 0) is 22.6 Å². The third-order valence-electron chi connectivity index (χ3n) is 6.70. The SMILES string of the molecule is O=C(NCCC1=CCCCC1)C(Cc1ccccc1)N(Cc1ccccc1)C(=O)COc1ccccc1. The molecule has 0 aliphatic heterocycles. The molecule has 1 aliphatic rings. The van der Waals surface area contributed by atoms with Crippen LogP contribution < -0.4 is 10.1 Å². The summed E-state index contributed by atoms with van der Waals surface area (Å²) in [5, 5.41) is 3.13. The summed E-state index contributed by atoms with van der Waals surface area (Å²) in [5.41, 5.74) is 3.39. The third-order valence-corrected chi connectivity index (χ3v) is 6.70. The number of hydrogen-bond acceptors (Lipinski definition) is 3. The molecule has 0 fully saturated rings. The second-order valence-electron chi connectivity index (χ2n) is 9.46. The van der Waals surface area contributed by atoms with E-state index in [-0.39, 0.29) is 18.4 Å². The summed E-state index contributed by atoms with van der Waals surface area (Å²) in [6.45, 7) is 0.764. The number of hydrogen-bond donors (Lipinski definition) is 1. The average Bonchev–Trinajstić information content (AvgIpc) is 2.96. The van der Waals surface area contributed by atoms with Crippen LogP contribution in [0.1, 0.15) is 43.2 Å². The van der Waals surface area contributed by atoms with E-state index in [4.69, 9.17) is 4.74 Å². The number of amides is 2. The highest BCUT2D eigenvalue weighted by molar-refractivity contribution is 5.88. The molecule has 5 nitrogen and oxygen atoms in total. The predicted octanol–water partition coefficient (Wildman–Crippen LogP) is 5.71. The molecule has 0 saturated carbocycles. The van der Waals surface area contributed by atoms with Crippen molar-refractivity contribution < 1.29 is 14.3 Å². The first kappa shape index (κ1) is 26.2. The van der Waals surface area contributed by atoms with Gasteiger partial charge < -0.3 is 15.0 Å². The molecule has 1 atom stereocenters. The van der Waals surface area contributed by atoms with Gasteiger partial charge in [0.2, 0.25) is 5.91 Å². The second kappa shape index (κ2) is 14.0. The van der Waals surface area contributed by atoms with Crippen LogP contribution in [0, 0.1) is 0 Å². The van der Waals surface area contributed by atoms with Gasteiger partial charge in [0.1, 0.15) is 11.8 Å². The number of nitrogens with one attached hydrogen (secondary N) is 1. The van der Waals surface area contributed by atoms with Gasteiger partial charge in [0.25, 0.3) is 5.91 Å². The maximum absolute atomic E-state index is 13.6. The fraction of sp³-hybridized carbons (Fsp3) is 0.312. The lowest BCUT2D eigenvalue weighted by atomic mass is 9.97. The second-order valence-corrected chi connectivity index (χ2v) is 9.46. The number of carbonyl (C=O) groups excluding carboxylic acids is 2. The summed E-state index contributed by atoms with van der Waals surface area (Å²) >= 11 is 0. The van der Waals surface area contributed by atoms with Crippen LogP contribution in [-0.4, -0.2) is 35.9 Å². The first-order valence-corrected chi connectivity index (χ1v) is 13.2. The zero-order valence-electron chi connectivity index (χ0n) is 21.4. The van der Waals surface area contributed by atoms with E-state index in [1.165, 1.54) is 18.4 Å². The van der Waals surface area contributed by atoms with Crippen molar-refractivity contribution in [2.45, 2.75) is 51.1 Å². The summed E-state index contributed by atoms with van der Waals surface area (Å²) in [4.78, 5) is 28.9. The van der Waals surface area contributed by atoms with Crippen LogP contribution in [0.15, 0.2) is 103 Å². The standard InChI is InChI=1S/C32H36N2O3/c35-31(25-37-29-19-11-4-12-20-29)34(24-28-17-9-3-10-18-28)30(23-27-15-7-2-8-16-27)32(36)33-22-21-26-13-5-1-6-14-26/h2-4,7-13,15-20,30H,1,5-6,14,21-25H2,(H,33,36). The van der Waals surface area contributed by atoms with Crippen molar-refractivity contribution in [3.05, 3.63) is 114 Å². The lowest BCUT2D eigenvalue weighted by Crippen LogP contribution is -2.51. The molecular formula is C32H36N2O3. The topological polar surface area (TPSA) is 58.6 Å². The quantitative estimate of drug-likeness (QED) is 0.327. The van der Waals surface area contributed by atoms with Crippen LogP contribution in [0.4, 0.5) is 0 Å². The number of para-hydroxylation sites is 1. The van der Waals surface area contributed by atoms with Crippen LogP contribution in [0.2, 0.25) is 0 Å². The van der Waals surface area contributed by atoms with E-state index >= 15 is 0 Å². The zero-order valence-corrected chi connectivity index (χ0v) is 21.4. The first-order chi connectivity index (χ1) is 18.2. The van der Waals surface area contributed by atoms with Gasteiger partial charge in [-0.1, -0.05) is 90.5 Å². The molecule has 3 aromatic carbocycles. The highest BCUT2D eigenvalue weighted by atomic mass is 16.5. The molecule has 0 aromatic heterocycles. The Bertz CT molecular complexity index is 1150. The van der Waals surface area contributed by atoms with E-state index in [1.807, 2.05) is 91.0 Å². The lowest BCUT2D eigenvalue weighted by Gasteiger charge is -2.31. The Balaban J connectivity index is 1.53. The maximum Gasteiger partial charge on any atom is 0.261 e. The number of allylic oxidation sites excluding steroid dienone is 1. The first-order valence-electron chi connectivity index (χ1n) is 13.2. The van der Waals surface area contributed by atoms with Gasteiger partial charge in [-0.15, -0.1) is 0 Å². The molecule has 0 heterocycles. The molecule has 0 saturated heterocycles. The lowest BCUT2D eigenvalue weighted by molar-refractivity contribution is -0.142. The maximum atomic E-state index is 13.6. The Morgan fingerprint density at radius 1 is 0.838 bits per heavy atom. The molecule has 1 aliphatic carbocycles. The van der Waals surface area contributed by atoms with E-state index in [1.54, 1.807) is 4.90 Å². The van der Waals surface area contributed by atoms with Crippen LogP contribution in [0.5, 0.6) is 5.75 Å². The number of carbonyl (C=O) groups is 2. The molecule has 0 radical (unpaired) electrons. The van der Waals surface area contributed by atoms with Crippen LogP contribution >= 0.6 is 0 Å². The van der Waals surface area contributed by atoms with Crippen molar-refractivity contribution >= 4 is 11.8 Å². The van der Waals surface area contributed by atoms with Gasteiger partial charge in [-0.3, -0.25) is 9.59 Å². The monoisotopic (exact) mass is 496 g/mol. The molecule has 1 N–H and O–H groups in total. The highest BCUT2D eigenvalue weighted by Crippen LogP contribution is 2.20. The summed E-state index contributed by atoms with van der Waals surface area (Å²) in [7, 11) is 0. The van der Waals surface area contributed by atoms with E-state index in [2.05, 4.69) is 11.4 Å². The van der Waals surface area contributed by atoms with Crippen molar-refractivity contribution in [2.75, 3.05) is 13.2 Å². The van der Waals surface area contributed by atoms with Gasteiger partial charge in [-0.2, -0.15) is 0 Å². The molecule has 0 spiro atoms. The molecule has 192 valence electrons. The van der Waals surface area contributed by atoms with Gasteiger partial charge in [-0.05, 0) is 55.4 Å².